The quantitative estimate of drug-likeness (QED) is 0.751. The minimum atomic E-state index is -4.29. The van der Waals surface area contributed by atoms with Gasteiger partial charge >= 0.3 is 6.18 Å². The number of sulfonamides is 1. The SMILES string of the molecule is O=S(=O)(CCCC(F)(F)F)NCCC1CCCNC1. The Hall–Kier alpha value is -0.340. The van der Waals surface area contributed by atoms with E-state index in [1.54, 1.807) is 0 Å². The first-order chi connectivity index (χ1) is 8.79. The summed E-state index contributed by atoms with van der Waals surface area (Å²) in [7, 11) is -3.58. The van der Waals surface area contributed by atoms with Crippen molar-refractivity contribution in [2.24, 2.45) is 5.92 Å². The van der Waals surface area contributed by atoms with Gasteiger partial charge in [-0.15, -0.1) is 0 Å². The fourth-order valence-corrected chi connectivity index (χ4v) is 3.22. The highest BCUT2D eigenvalue weighted by molar-refractivity contribution is 7.89. The Morgan fingerprint density at radius 3 is 2.63 bits per heavy atom. The maximum Gasteiger partial charge on any atom is 0.389 e. The van der Waals surface area contributed by atoms with Crippen LogP contribution in [0.25, 0.3) is 0 Å². The fraction of sp³-hybridized carbons (Fsp3) is 1.00. The second kappa shape index (κ2) is 7.44. The molecule has 0 aliphatic carbocycles. The van der Waals surface area contributed by atoms with E-state index in [1.165, 1.54) is 0 Å². The molecule has 1 unspecified atom stereocenters. The van der Waals surface area contributed by atoms with Gasteiger partial charge in [-0.05, 0) is 44.7 Å². The van der Waals surface area contributed by atoms with Gasteiger partial charge in [0.05, 0.1) is 5.75 Å². The molecule has 114 valence electrons. The van der Waals surface area contributed by atoms with Crippen molar-refractivity contribution >= 4 is 10.0 Å². The predicted octanol–water partition coefficient (Wildman–Crippen LogP) is 1.64. The van der Waals surface area contributed by atoms with E-state index in [2.05, 4.69) is 10.0 Å². The van der Waals surface area contributed by atoms with Gasteiger partial charge in [-0.1, -0.05) is 0 Å². The van der Waals surface area contributed by atoms with Crippen LogP contribution in [0.5, 0.6) is 0 Å². The fourth-order valence-electron chi connectivity index (χ4n) is 2.12. The second-order valence-corrected chi connectivity index (χ2v) is 6.86. The van der Waals surface area contributed by atoms with E-state index >= 15 is 0 Å². The summed E-state index contributed by atoms with van der Waals surface area (Å²) in [6, 6.07) is 0. The molecule has 0 bridgehead atoms. The first-order valence-electron chi connectivity index (χ1n) is 6.53. The average Bonchev–Trinajstić information content (AvgIpc) is 2.28. The molecule has 0 amide bonds. The topological polar surface area (TPSA) is 58.2 Å². The summed E-state index contributed by atoms with van der Waals surface area (Å²) in [6.45, 7) is 2.19. The third-order valence-corrected chi connectivity index (χ3v) is 4.62. The van der Waals surface area contributed by atoms with Crippen molar-refractivity contribution in [2.45, 2.75) is 38.3 Å². The normalized spacial score (nSPS) is 21.5. The number of alkyl halides is 3. The van der Waals surface area contributed by atoms with Gasteiger partial charge in [-0.25, -0.2) is 13.1 Å². The molecule has 0 aromatic heterocycles. The van der Waals surface area contributed by atoms with Crippen molar-refractivity contribution in [2.75, 3.05) is 25.4 Å². The number of halogens is 3. The van der Waals surface area contributed by atoms with Gasteiger partial charge in [-0.2, -0.15) is 13.2 Å². The van der Waals surface area contributed by atoms with E-state index < -0.39 is 28.4 Å². The Balaban J connectivity index is 2.15. The maximum absolute atomic E-state index is 11.9. The smallest absolute Gasteiger partial charge is 0.316 e. The zero-order chi connectivity index (χ0) is 14.4. The van der Waals surface area contributed by atoms with Crippen LogP contribution in [0.1, 0.15) is 32.1 Å². The van der Waals surface area contributed by atoms with Crippen molar-refractivity contribution in [1.29, 1.82) is 0 Å². The maximum atomic E-state index is 11.9. The van der Waals surface area contributed by atoms with Crippen molar-refractivity contribution in [1.82, 2.24) is 10.0 Å². The van der Waals surface area contributed by atoms with Crippen molar-refractivity contribution in [3.63, 3.8) is 0 Å². The Kier molecular flexibility index (Phi) is 6.55. The molecule has 1 fully saturated rings. The molecule has 1 saturated heterocycles. The minimum Gasteiger partial charge on any atom is -0.316 e. The second-order valence-electron chi connectivity index (χ2n) is 4.93. The molecule has 2 N–H and O–H groups in total. The molecule has 1 heterocycles. The van der Waals surface area contributed by atoms with Gasteiger partial charge in [0.2, 0.25) is 10.0 Å². The van der Waals surface area contributed by atoms with E-state index in [-0.39, 0.29) is 6.42 Å². The first-order valence-corrected chi connectivity index (χ1v) is 8.18. The van der Waals surface area contributed by atoms with Crippen LogP contribution in [0.4, 0.5) is 13.2 Å². The van der Waals surface area contributed by atoms with E-state index in [0.717, 1.165) is 32.4 Å². The lowest BCUT2D eigenvalue weighted by atomic mass is 9.96. The highest BCUT2D eigenvalue weighted by Gasteiger charge is 2.27. The Bertz CT molecular complexity index is 351. The predicted molar refractivity (Wildman–Crippen MR) is 67.3 cm³/mol. The van der Waals surface area contributed by atoms with Gasteiger partial charge in [-0.3, -0.25) is 0 Å². The lowest BCUT2D eigenvalue weighted by Crippen LogP contribution is -2.34. The highest BCUT2D eigenvalue weighted by Crippen LogP contribution is 2.21. The molecule has 0 spiro atoms. The summed E-state index contributed by atoms with van der Waals surface area (Å²) < 4.78 is 61.0. The summed E-state index contributed by atoms with van der Waals surface area (Å²) >= 11 is 0. The van der Waals surface area contributed by atoms with Crippen molar-refractivity contribution in [3.05, 3.63) is 0 Å². The molecule has 1 rings (SSSR count). The molecule has 8 heteroatoms. The van der Waals surface area contributed by atoms with Crippen LogP contribution in [0.15, 0.2) is 0 Å². The van der Waals surface area contributed by atoms with Gasteiger partial charge in [0.15, 0.2) is 0 Å². The van der Waals surface area contributed by atoms with Crippen LogP contribution in [-0.2, 0) is 10.0 Å². The molecule has 4 nitrogen and oxygen atoms in total. The van der Waals surface area contributed by atoms with Crippen LogP contribution in [0.3, 0.4) is 0 Å². The molecule has 1 aliphatic rings. The van der Waals surface area contributed by atoms with Gasteiger partial charge in [0.25, 0.3) is 0 Å². The summed E-state index contributed by atoms with van der Waals surface area (Å²) in [5, 5.41) is 3.23. The Morgan fingerprint density at radius 2 is 2.05 bits per heavy atom. The van der Waals surface area contributed by atoms with E-state index in [4.69, 9.17) is 0 Å². The van der Waals surface area contributed by atoms with Gasteiger partial charge in [0, 0.05) is 13.0 Å². The van der Waals surface area contributed by atoms with Crippen LogP contribution < -0.4 is 10.0 Å². The standard InChI is InChI=1S/C11H21F3N2O2S/c12-11(13,14)5-2-8-19(17,18)16-7-4-10-3-1-6-15-9-10/h10,15-16H,1-9H2. The largest absolute Gasteiger partial charge is 0.389 e. The lowest BCUT2D eigenvalue weighted by molar-refractivity contribution is -0.134. The first kappa shape index (κ1) is 16.7. The van der Waals surface area contributed by atoms with Gasteiger partial charge in [0.1, 0.15) is 0 Å². The zero-order valence-electron chi connectivity index (χ0n) is 10.8. The van der Waals surface area contributed by atoms with Crippen LogP contribution >= 0.6 is 0 Å². The molecular formula is C11H21F3N2O2S. The Labute approximate surface area is 112 Å². The average molecular weight is 302 g/mol. The van der Waals surface area contributed by atoms with Crippen molar-refractivity contribution in [3.8, 4) is 0 Å². The van der Waals surface area contributed by atoms with Crippen LogP contribution in [0, 0.1) is 5.92 Å². The van der Waals surface area contributed by atoms with E-state index in [9.17, 15) is 21.6 Å². The minimum absolute atomic E-state index is 0.306. The summed E-state index contributed by atoms with van der Waals surface area (Å²) in [6.07, 6.45) is -2.84. The summed E-state index contributed by atoms with van der Waals surface area (Å²) in [4.78, 5) is 0. The third-order valence-electron chi connectivity index (χ3n) is 3.15. The zero-order valence-corrected chi connectivity index (χ0v) is 11.6. The molecule has 1 atom stereocenters. The molecule has 0 radical (unpaired) electrons. The third kappa shape index (κ3) is 8.43. The molecule has 0 aromatic carbocycles. The molecule has 1 aliphatic heterocycles. The number of piperidine rings is 1. The van der Waals surface area contributed by atoms with Crippen molar-refractivity contribution < 1.29 is 21.6 Å². The number of nitrogens with one attached hydrogen (secondary N) is 2. The highest BCUT2D eigenvalue weighted by atomic mass is 32.2. The molecule has 0 aromatic rings. The number of rotatable bonds is 7. The summed E-state index contributed by atoms with van der Waals surface area (Å²) in [5.41, 5.74) is 0. The van der Waals surface area contributed by atoms with Gasteiger partial charge < -0.3 is 5.32 Å². The van der Waals surface area contributed by atoms with Crippen LogP contribution in [0.2, 0.25) is 0 Å². The Morgan fingerprint density at radius 1 is 1.32 bits per heavy atom. The lowest BCUT2D eigenvalue weighted by Gasteiger charge is -2.22. The molecule has 19 heavy (non-hydrogen) atoms. The van der Waals surface area contributed by atoms with Crippen LogP contribution in [-0.4, -0.2) is 40.0 Å². The monoisotopic (exact) mass is 302 g/mol. The van der Waals surface area contributed by atoms with E-state index in [0.29, 0.717) is 12.5 Å². The molecular weight excluding hydrogens is 281 g/mol. The summed E-state index contributed by atoms with van der Waals surface area (Å²) in [5.74, 6) is -0.0123. The van der Waals surface area contributed by atoms with E-state index in [1.807, 2.05) is 0 Å². The number of hydrogen-bond donors (Lipinski definition) is 2. The molecule has 0 saturated carbocycles. The number of hydrogen-bond acceptors (Lipinski definition) is 3.